The minimum atomic E-state index is -3.75. The number of aromatic nitrogens is 1. The van der Waals surface area contributed by atoms with E-state index in [4.69, 9.17) is 4.74 Å². The van der Waals surface area contributed by atoms with Gasteiger partial charge in [0.1, 0.15) is 10.6 Å². The van der Waals surface area contributed by atoms with Crippen molar-refractivity contribution in [2.75, 3.05) is 25.1 Å². The van der Waals surface area contributed by atoms with Gasteiger partial charge in [-0.3, -0.25) is 4.98 Å². The third-order valence-electron chi connectivity index (χ3n) is 5.78. The van der Waals surface area contributed by atoms with Crippen LogP contribution in [0.25, 0.3) is 10.9 Å². The lowest BCUT2D eigenvalue weighted by molar-refractivity contribution is 0.413. The third-order valence-corrected chi connectivity index (χ3v) is 7.53. The molecule has 29 heavy (non-hydrogen) atoms. The zero-order valence-corrected chi connectivity index (χ0v) is 17.9. The summed E-state index contributed by atoms with van der Waals surface area (Å²) in [6.45, 7) is 5.94. The van der Waals surface area contributed by atoms with Gasteiger partial charge in [-0.05, 0) is 49.4 Å². The molecular weight excluding hydrogens is 384 g/mol. The summed E-state index contributed by atoms with van der Waals surface area (Å²) in [4.78, 5) is 7.25. The van der Waals surface area contributed by atoms with E-state index in [2.05, 4.69) is 16.8 Å². The van der Waals surface area contributed by atoms with Crippen LogP contribution in [0.4, 0.5) is 5.69 Å². The molecule has 1 fully saturated rings. The quantitative estimate of drug-likeness (QED) is 0.628. The van der Waals surface area contributed by atoms with Crippen LogP contribution in [-0.2, 0) is 9.84 Å². The Labute approximate surface area is 172 Å². The van der Waals surface area contributed by atoms with Crippen molar-refractivity contribution in [2.45, 2.75) is 36.5 Å². The molecule has 0 spiro atoms. The lowest BCUT2D eigenvalue weighted by Gasteiger charge is -2.34. The summed E-state index contributed by atoms with van der Waals surface area (Å²) >= 11 is 0. The van der Waals surface area contributed by atoms with Gasteiger partial charge < -0.3 is 9.64 Å². The van der Waals surface area contributed by atoms with Crippen LogP contribution < -0.4 is 9.64 Å². The normalized spacial score (nSPS) is 15.6. The van der Waals surface area contributed by atoms with Crippen molar-refractivity contribution in [2.24, 2.45) is 5.92 Å². The standard InChI is InChI=1S/C23H26N2O3S/c1-16-10-12-25(13-11-16)23-20-9-4-6-17(2)22(20)24-15-21(23)29(26,27)19-8-5-7-18(14-19)28-3/h4-9,14-16H,10-13H2,1-3H3. The van der Waals surface area contributed by atoms with Crippen LogP contribution in [0, 0.1) is 12.8 Å². The molecule has 5 nitrogen and oxygen atoms in total. The minimum absolute atomic E-state index is 0.220. The zero-order chi connectivity index (χ0) is 20.6. The summed E-state index contributed by atoms with van der Waals surface area (Å²) in [5, 5.41) is 0.892. The number of ether oxygens (including phenoxy) is 1. The highest BCUT2D eigenvalue weighted by molar-refractivity contribution is 7.91. The fourth-order valence-electron chi connectivity index (χ4n) is 3.99. The molecule has 0 N–H and O–H groups in total. The first-order chi connectivity index (χ1) is 13.9. The van der Waals surface area contributed by atoms with E-state index in [1.54, 1.807) is 24.3 Å². The molecule has 0 atom stereocenters. The maximum Gasteiger partial charge on any atom is 0.210 e. The van der Waals surface area contributed by atoms with Crippen LogP contribution in [0.5, 0.6) is 5.75 Å². The van der Waals surface area contributed by atoms with E-state index in [9.17, 15) is 8.42 Å². The number of sulfone groups is 1. The first-order valence-corrected chi connectivity index (χ1v) is 11.4. The molecular formula is C23H26N2O3S. The Hall–Kier alpha value is -2.60. The molecule has 1 aliphatic heterocycles. The molecule has 6 heteroatoms. The highest BCUT2D eigenvalue weighted by Crippen LogP contribution is 2.38. The van der Waals surface area contributed by atoms with Crippen molar-refractivity contribution < 1.29 is 13.2 Å². The molecule has 1 aromatic heterocycles. The first kappa shape index (κ1) is 19.7. The Morgan fingerprint density at radius 1 is 1.10 bits per heavy atom. The van der Waals surface area contributed by atoms with E-state index in [-0.39, 0.29) is 9.79 Å². The van der Waals surface area contributed by atoms with E-state index in [0.29, 0.717) is 11.7 Å². The maximum atomic E-state index is 13.6. The summed E-state index contributed by atoms with van der Waals surface area (Å²) in [6, 6.07) is 12.6. The number of rotatable bonds is 4. The van der Waals surface area contributed by atoms with Gasteiger partial charge in [0.15, 0.2) is 0 Å². The Morgan fingerprint density at radius 3 is 2.55 bits per heavy atom. The first-order valence-electron chi connectivity index (χ1n) is 9.94. The van der Waals surface area contributed by atoms with Crippen LogP contribution in [0.1, 0.15) is 25.3 Å². The van der Waals surface area contributed by atoms with Gasteiger partial charge in [-0.25, -0.2) is 8.42 Å². The summed E-state index contributed by atoms with van der Waals surface area (Å²) in [5.74, 6) is 1.17. The Morgan fingerprint density at radius 2 is 1.83 bits per heavy atom. The molecule has 0 radical (unpaired) electrons. The van der Waals surface area contributed by atoms with Gasteiger partial charge in [0.05, 0.1) is 23.2 Å². The predicted octanol–water partition coefficient (Wildman–Crippen LogP) is 4.62. The number of benzene rings is 2. The van der Waals surface area contributed by atoms with Crippen molar-refractivity contribution in [3.8, 4) is 5.75 Å². The van der Waals surface area contributed by atoms with E-state index in [1.807, 2.05) is 25.1 Å². The zero-order valence-electron chi connectivity index (χ0n) is 17.1. The third kappa shape index (κ3) is 3.57. The molecule has 4 rings (SSSR count). The van der Waals surface area contributed by atoms with Crippen molar-refractivity contribution in [1.82, 2.24) is 4.98 Å². The van der Waals surface area contributed by atoms with Crippen LogP contribution in [-0.4, -0.2) is 33.6 Å². The molecule has 1 aliphatic rings. The summed E-state index contributed by atoms with van der Waals surface area (Å²) < 4.78 is 32.5. The van der Waals surface area contributed by atoms with E-state index < -0.39 is 9.84 Å². The van der Waals surface area contributed by atoms with Gasteiger partial charge in [0, 0.05) is 24.7 Å². The van der Waals surface area contributed by atoms with Crippen LogP contribution in [0.15, 0.2) is 58.5 Å². The van der Waals surface area contributed by atoms with Gasteiger partial charge >= 0.3 is 0 Å². The number of nitrogens with zero attached hydrogens (tertiary/aromatic N) is 2. The second kappa shape index (κ2) is 7.67. The number of aryl methyl sites for hydroxylation is 1. The second-order valence-corrected chi connectivity index (χ2v) is 9.71. The van der Waals surface area contributed by atoms with Gasteiger partial charge in [-0.1, -0.05) is 31.2 Å². The number of anilines is 1. The number of pyridine rings is 1. The van der Waals surface area contributed by atoms with Crippen molar-refractivity contribution >= 4 is 26.4 Å². The SMILES string of the molecule is COc1cccc(S(=O)(=O)c2cnc3c(C)cccc3c2N2CCC(C)CC2)c1. The molecule has 0 amide bonds. The Kier molecular flexibility index (Phi) is 5.21. The van der Waals surface area contributed by atoms with Crippen molar-refractivity contribution in [3.63, 3.8) is 0 Å². The largest absolute Gasteiger partial charge is 0.497 e. The smallest absolute Gasteiger partial charge is 0.210 e. The monoisotopic (exact) mass is 410 g/mol. The molecule has 1 saturated heterocycles. The second-order valence-electron chi connectivity index (χ2n) is 7.79. The average molecular weight is 411 g/mol. The minimum Gasteiger partial charge on any atom is -0.497 e. The topological polar surface area (TPSA) is 59.5 Å². The molecule has 2 heterocycles. The lowest BCUT2D eigenvalue weighted by atomic mass is 9.98. The van der Waals surface area contributed by atoms with Crippen LogP contribution in [0.3, 0.4) is 0 Å². The number of piperidine rings is 1. The van der Waals surface area contributed by atoms with Crippen LogP contribution in [0.2, 0.25) is 0 Å². The van der Waals surface area contributed by atoms with Crippen LogP contribution >= 0.6 is 0 Å². The Bertz CT molecular complexity index is 1150. The van der Waals surface area contributed by atoms with Gasteiger partial charge in [0.2, 0.25) is 9.84 Å². The van der Waals surface area contributed by atoms with E-state index in [1.165, 1.54) is 13.3 Å². The fraction of sp³-hybridized carbons (Fsp3) is 0.348. The lowest BCUT2D eigenvalue weighted by Crippen LogP contribution is -2.34. The summed E-state index contributed by atoms with van der Waals surface area (Å²) in [7, 11) is -2.22. The number of hydrogen-bond donors (Lipinski definition) is 0. The van der Waals surface area contributed by atoms with E-state index in [0.717, 1.165) is 48.1 Å². The number of hydrogen-bond acceptors (Lipinski definition) is 5. The van der Waals surface area contributed by atoms with Gasteiger partial charge in [-0.15, -0.1) is 0 Å². The molecule has 0 bridgehead atoms. The highest BCUT2D eigenvalue weighted by Gasteiger charge is 2.29. The average Bonchev–Trinajstić information content (AvgIpc) is 2.74. The number of para-hydroxylation sites is 1. The van der Waals surface area contributed by atoms with Gasteiger partial charge in [0.25, 0.3) is 0 Å². The molecule has 2 aromatic carbocycles. The van der Waals surface area contributed by atoms with Gasteiger partial charge in [-0.2, -0.15) is 0 Å². The number of methoxy groups -OCH3 is 1. The highest BCUT2D eigenvalue weighted by atomic mass is 32.2. The summed E-state index contributed by atoms with van der Waals surface area (Å²) in [6.07, 6.45) is 3.63. The maximum absolute atomic E-state index is 13.6. The van der Waals surface area contributed by atoms with E-state index >= 15 is 0 Å². The molecule has 3 aromatic rings. The van der Waals surface area contributed by atoms with Crippen molar-refractivity contribution in [1.29, 1.82) is 0 Å². The Balaban J connectivity index is 1.95. The molecule has 0 saturated carbocycles. The predicted molar refractivity (Wildman–Crippen MR) is 116 cm³/mol. The fourth-order valence-corrected chi connectivity index (χ4v) is 5.46. The van der Waals surface area contributed by atoms with Crippen molar-refractivity contribution in [3.05, 3.63) is 54.2 Å². The number of fused-ring (bicyclic) bond motifs is 1. The molecule has 152 valence electrons. The molecule has 0 aliphatic carbocycles. The summed E-state index contributed by atoms with van der Waals surface area (Å²) in [5.41, 5.74) is 2.67. The molecule has 0 unspecified atom stereocenters.